The fourth-order valence-corrected chi connectivity index (χ4v) is 5.13. The largest absolute Gasteiger partial charge is 0.494 e. The molecule has 32 heavy (non-hydrogen) atoms. The van der Waals surface area contributed by atoms with Gasteiger partial charge >= 0.3 is 0 Å². The normalized spacial score (nSPS) is 14.6. The highest BCUT2D eigenvalue weighted by atomic mass is 32.1. The molecular formula is C24H30N4O3S. The van der Waals surface area contributed by atoms with Gasteiger partial charge in [0.2, 0.25) is 5.91 Å². The zero-order valence-electron chi connectivity index (χ0n) is 19.1. The number of anilines is 2. The van der Waals surface area contributed by atoms with E-state index in [9.17, 15) is 4.79 Å². The van der Waals surface area contributed by atoms with E-state index in [-0.39, 0.29) is 11.8 Å². The molecule has 1 amide bonds. The fourth-order valence-electron chi connectivity index (χ4n) is 4.14. The standard InChI is InChI=1S/C24H30N4O3S/c1-5-30-18-7-8-20(31-6-2)19(13-18)27-23(29)17-9-11-28(12-10-17)22-21-15(3)16(4)32-24(21)26-14-25-22/h7-8,13-14,17H,5-6,9-12H2,1-4H3,(H,27,29). The van der Waals surface area contributed by atoms with Crippen LogP contribution in [0.25, 0.3) is 10.2 Å². The van der Waals surface area contributed by atoms with Gasteiger partial charge in [-0.1, -0.05) is 0 Å². The molecular weight excluding hydrogens is 424 g/mol. The Hall–Kier alpha value is -2.87. The molecule has 0 radical (unpaired) electrons. The van der Waals surface area contributed by atoms with Crippen LogP contribution in [0.15, 0.2) is 24.5 Å². The van der Waals surface area contributed by atoms with E-state index in [4.69, 9.17) is 9.47 Å². The lowest BCUT2D eigenvalue weighted by molar-refractivity contribution is -0.120. The van der Waals surface area contributed by atoms with Crippen molar-refractivity contribution in [1.82, 2.24) is 9.97 Å². The lowest BCUT2D eigenvalue weighted by Gasteiger charge is -2.32. The summed E-state index contributed by atoms with van der Waals surface area (Å²) in [5.74, 6) is 2.33. The number of fused-ring (bicyclic) bond motifs is 1. The van der Waals surface area contributed by atoms with Crippen molar-refractivity contribution in [3.63, 3.8) is 0 Å². The van der Waals surface area contributed by atoms with Gasteiger partial charge in [0.1, 0.15) is 28.5 Å². The van der Waals surface area contributed by atoms with Crippen LogP contribution < -0.4 is 19.7 Å². The van der Waals surface area contributed by atoms with Gasteiger partial charge in [-0.3, -0.25) is 4.79 Å². The zero-order chi connectivity index (χ0) is 22.7. The number of amides is 1. The van der Waals surface area contributed by atoms with Crippen LogP contribution in [0.1, 0.15) is 37.1 Å². The van der Waals surface area contributed by atoms with E-state index >= 15 is 0 Å². The number of aryl methyl sites for hydroxylation is 2. The van der Waals surface area contributed by atoms with E-state index in [2.05, 4.69) is 34.0 Å². The number of carbonyl (C=O) groups is 1. The van der Waals surface area contributed by atoms with Crippen molar-refractivity contribution >= 4 is 39.0 Å². The molecule has 1 aliphatic rings. The molecule has 0 atom stereocenters. The Morgan fingerprint density at radius 1 is 1.16 bits per heavy atom. The van der Waals surface area contributed by atoms with E-state index in [0.717, 1.165) is 47.7 Å². The molecule has 4 rings (SSSR count). The molecule has 3 heterocycles. The van der Waals surface area contributed by atoms with Crippen LogP contribution in [0.4, 0.5) is 11.5 Å². The molecule has 0 spiro atoms. The van der Waals surface area contributed by atoms with Crippen molar-refractivity contribution in [3.05, 3.63) is 35.0 Å². The van der Waals surface area contributed by atoms with Gasteiger partial charge in [-0.15, -0.1) is 11.3 Å². The number of benzene rings is 1. The number of ether oxygens (including phenoxy) is 2. The molecule has 8 heteroatoms. The summed E-state index contributed by atoms with van der Waals surface area (Å²) >= 11 is 1.71. The van der Waals surface area contributed by atoms with Gasteiger partial charge in [0.25, 0.3) is 0 Å². The third-order valence-electron chi connectivity index (χ3n) is 5.93. The van der Waals surface area contributed by atoms with Crippen LogP contribution in [-0.4, -0.2) is 42.2 Å². The molecule has 3 aromatic rings. The number of hydrogen-bond acceptors (Lipinski definition) is 7. The van der Waals surface area contributed by atoms with Crippen LogP contribution in [-0.2, 0) is 4.79 Å². The second kappa shape index (κ2) is 9.73. The third kappa shape index (κ3) is 4.50. The molecule has 2 aromatic heterocycles. The summed E-state index contributed by atoms with van der Waals surface area (Å²) in [7, 11) is 0. The average Bonchev–Trinajstić information content (AvgIpc) is 3.09. The lowest BCUT2D eigenvalue weighted by Crippen LogP contribution is -2.38. The first-order valence-electron chi connectivity index (χ1n) is 11.2. The molecule has 1 saturated heterocycles. The number of carbonyl (C=O) groups excluding carboxylic acids is 1. The van der Waals surface area contributed by atoms with Gasteiger partial charge in [0, 0.05) is 30.0 Å². The predicted molar refractivity (Wildman–Crippen MR) is 129 cm³/mol. The van der Waals surface area contributed by atoms with Crippen molar-refractivity contribution in [2.45, 2.75) is 40.5 Å². The first-order chi connectivity index (χ1) is 15.5. The Kier molecular flexibility index (Phi) is 6.79. The van der Waals surface area contributed by atoms with Crippen LogP contribution in [0.2, 0.25) is 0 Å². The third-order valence-corrected chi connectivity index (χ3v) is 7.05. The fraction of sp³-hybridized carbons (Fsp3) is 0.458. The van der Waals surface area contributed by atoms with Gasteiger partial charge < -0.3 is 19.7 Å². The summed E-state index contributed by atoms with van der Waals surface area (Å²) in [4.78, 5) is 26.7. The quantitative estimate of drug-likeness (QED) is 0.544. The molecule has 1 aliphatic heterocycles. The molecule has 170 valence electrons. The van der Waals surface area contributed by atoms with Gasteiger partial charge in [-0.2, -0.15) is 0 Å². The van der Waals surface area contributed by atoms with Gasteiger partial charge in [0.15, 0.2) is 0 Å². The number of hydrogen-bond donors (Lipinski definition) is 1. The average molecular weight is 455 g/mol. The number of thiophene rings is 1. The van der Waals surface area contributed by atoms with Crippen LogP contribution in [0.5, 0.6) is 11.5 Å². The number of nitrogens with zero attached hydrogens (tertiary/aromatic N) is 3. The molecule has 7 nitrogen and oxygen atoms in total. The highest BCUT2D eigenvalue weighted by Gasteiger charge is 2.28. The summed E-state index contributed by atoms with van der Waals surface area (Å²) in [6.45, 7) is 10.8. The molecule has 0 unspecified atom stereocenters. The Bertz CT molecular complexity index is 1110. The van der Waals surface area contributed by atoms with Crippen molar-refractivity contribution in [2.24, 2.45) is 5.92 Å². The Balaban J connectivity index is 1.45. The van der Waals surface area contributed by atoms with E-state index in [0.29, 0.717) is 24.7 Å². The Morgan fingerprint density at radius 3 is 2.62 bits per heavy atom. The predicted octanol–water partition coefficient (Wildman–Crippen LogP) is 4.96. The van der Waals surface area contributed by atoms with E-state index < -0.39 is 0 Å². The Morgan fingerprint density at radius 2 is 1.91 bits per heavy atom. The maximum atomic E-state index is 13.1. The first kappa shape index (κ1) is 22.3. The first-order valence-corrected chi connectivity index (χ1v) is 12.0. The monoisotopic (exact) mass is 454 g/mol. The van der Waals surface area contributed by atoms with Crippen molar-refractivity contribution in [2.75, 3.05) is 36.5 Å². The molecule has 1 fully saturated rings. The van der Waals surface area contributed by atoms with Crippen LogP contribution in [0.3, 0.4) is 0 Å². The van der Waals surface area contributed by atoms with Gasteiger partial charge in [-0.25, -0.2) is 9.97 Å². The number of rotatable bonds is 7. The second-order valence-electron chi connectivity index (χ2n) is 7.94. The van der Waals surface area contributed by atoms with Crippen LogP contribution in [0, 0.1) is 19.8 Å². The van der Waals surface area contributed by atoms with Crippen molar-refractivity contribution in [1.29, 1.82) is 0 Å². The van der Waals surface area contributed by atoms with Crippen molar-refractivity contribution in [3.8, 4) is 11.5 Å². The minimum absolute atomic E-state index is 0.0228. The number of aromatic nitrogens is 2. The van der Waals surface area contributed by atoms with Gasteiger partial charge in [0.05, 0.1) is 24.3 Å². The van der Waals surface area contributed by atoms with Gasteiger partial charge in [-0.05, 0) is 58.2 Å². The molecule has 1 N–H and O–H groups in total. The Labute approximate surface area is 192 Å². The summed E-state index contributed by atoms with van der Waals surface area (Å²) in [6.07, 6.45) is 3.19. The summed E-state index contributed by atoms with van der Waals surface area (Å²) in [6, 6.07) is 5.54. The summed E-state index contributed by atoms with van der Waals surface area (Å²) < 4.78 is 11.3. The number of piperidine rings is 1. The van der Waals surface area contributed by atoms with Crippen LogP contribution >= 0.6 is 11.3 Å². The summed E-state index contributed by atoms with van der Waals surface area (Å²) in [5, 5.41) is 4.22. The molecule has 0 aliphatic carbocycles. The number of nitrogens with one attached hydrogen (secondary N) is 1. The van der Waals surface area contributed by atoms with E-state index in [1.54, 1.807) is 17.7 Å². The van der Waals surface area contributed by atoms with E-state index in [1.807, 2.05) is 32.0 Å². The highest BCUT2D eigenvalue weighted by molar-refractivity contribution is 7.18. The SMILES string of the molecule is CCOc1ccc(OCC)c(NC(=O)C2CCN(c3ncnc4sc(C)c(C)c34)CC2)c1. The summed E-state index contributed by atoms with van der Waals surface area (Å²) in [5.41, 5.74) is 1.91. The second-order valence-corrected chi connectivity index (χ2v) is 9.14. The minimum atomic E-state index is -0.0564. The topological polar surface area (TPSA) is 76.6 Å². The molecule has 0 saturated carbocycles. The minimum Gasteiger partial charge on any atom is -0.494 e. The molecule has 0 bridgehead atoms. The van der Waals surface area contributed by atoms with Crippen molar-refractivity contribution < 1.29 is 14.3 Å². The molecule has 1 aromatic carbocycles. The maximum Gasteiger partial charge on any atom is 0.227 e. The van der Waals surface area contributed by atoms with E-state index in [1.165, 1.54) is 10.4 Å². The zero-order valence-corrected chi connectivity index (χ0v) is 19.9. The highest BCUT2D eigenvalue weighted by Crippen LogP contribution is 2.36. The smallest absolute Gasteiger partial charge is 0.227 e. The lowest BCUT2D eigenvalue weighted by atomic mass is 9.95. The maximum absolute atomic E-state index is 13.1.